The summed E-state index contributed by atoms with van der Waals surface area (Å²) in [5.74, 6) is 0.164. The molecule has 0 saturated carbocycles. The first-order valence-electron chi connectivity index (χ1n) is 8.74. The molecule has 0 atom stereocenters. The fourth-order valence-corrected chi connectivity index (χ4v) is 4.49. The van der Waals surface area contributed by atoms with Crippen LogP contribution in [0.15, 0.2) is 47.9 Å². The highest BCUT2D eigenvalue weighted by atomic mass is 32.2. The van der Waals surface area contributed by atoms with Gasteiger partial charge in [0.2, 0.25) is 5.91 Å². The van der Waals surface area contributed by atoms with E-state index in [-0.39, 0.29) is 5.91 Å². The summed E-state index contributed by atoms with van der Waals surface area (Å²) < 4.78 is 27.5. The van der Waals surface area contributed by atoms with Gasteiger partial charge in [-0.3, -0.25) is 9.52 Å². The zero-order valence-corrected chi connectivity index (χ0v) is 15.1. The average molecular weight is 368 g/mol. The van der Waals surface area contributed by atoms with Crippen LogP contribution in [0, 0.1) is 0 Å². The molecule has 0 fully saturated rings. The molecule has 1 amide bonds. The quantitative estimate of drug-likeness (QED) is 0.900. The number of nitrogens with one attached hydrogen (secondary N) is 1. The zero-order chi connectivity index (χ0) is 18.1. The molecule has 0 aliphatic carbocycles. The number of amides is 1. The van der Waals surface area contributed by atoms with Gasteiger partial charge in [0.25, 0.3) is 10.0 Å². The minimum absolute atomic E-state index is 0.164. The largest absolute Gasteiger partial charge is 0.312 e. The van der Waals surface area contributed by atoms with Crippen molar-refractivity contribution in [2.75, 3.05) is 16.2 Å². The lowest BCUT2D eigenvalue weighted by Crippen LogP contribution is -2.39. The Labute approximate surface area is 153 Å². The van der Waals surface area contributed by atoms with Crippen LogP contribution < -0.4 is 9.62 Å². The predicted octanol–water partition coefficient (Wildman–Crippen LogP) is 3.32. The Bertz CT molecular complexity index is 964. The van der Waals surface area contributed by atoms with Crippen LogP contribution in [0.5, 0.6) is 0 Å². The van der Waals surface area contributed by atoms with Crippen molar-refractivity contribution >= 4 is 33.4 Å². The highest BCUT2D eigenvalue weighted by Crippen LogP contribution is 2.38. The molecule has 0 radical (unpaired) electrons. The molecule has 2 heterocycles. The first-order chi connectivity index (χ1) is 12.5. The van der Waals surface area contributed by atoms with E-state index in [1.54, 1.807) is 6.08 Å². The van der Waals surface area contributed by atoms with Crippen LogP contribution in [0.2, 0.25) is 0 Å². The number of carbonyl (C=O) groups excluding carboxylic acids is 1. The number of hydrogen-bond donors (Lipinski definition) is 1. The molecular weight excluding hydrogens is 348 g/mol. The van der Waals surface area contributed by atoms with Crippen molar-refractivity contribution < 1.29 is 13.2 Å². The van der Waals surface area contributed by atoms with Gasteiger partial charge in [0.1, 0.15) is 0 Å². The third-order valence-corrected chi connectivity index (χ3v) is 5.79. The van der Waals surface area contributed by atoms with Crippen LogP contribution in [0.4, 0.5) is 11.4 Å². The van der Waals surface area contributed by atoms with Gasteiger partial charge in [-0.2, -0.15) is 0 Å². The molecule has 0 saturated heterocycles. The van der Waals surface area contributed by atoms with E-state index in [9.17, 15) is 13.2 Å². The Hall–Kier alpha value is -2.60. The Morgan fingerprint density at radius 2 is 1.73 bits per heavy atom. The Kier molecular flexibility index (Phi) is 4.28. The third kappa shape index (κ3) is 3.37. The van der Waals surface area contributed by atoms with E-state index in [4.69, 9.17) is 0 Å². The van der Waals surface area contributed by atoms with Crippen molar-refractivity contribution in [2.45, 2.75) is 25.7 Å². The molecule has 134 valence electrons. The van der Waals surface area contributed by atoms with Crippen LogP contribution >= 0.6 is 0 Å². The number of rotatable bonds is 4. The molecule has 6 heteroatoms. The number of hydrogen-bond acceptors (Lipinski definition) is 3. The molecular formula is C20H20N2O3S. The summed E-state index contributed by atoms with van der Waals surface area (Å²) >= 11 is 0. The smallest absolute Gasteiger partial charge is 0.255 e. The molecule has 2 aromatic carbocycles. The molecule has 0 spiro atoms. The monoisotopic (exact) mass is 368 g/mol. The average Bonchev–Trinajstić information content (AvgIpc) is 2.63. The number of aryl methyl sites for hydroxylation is 2. The summed E-state index contributed by atoms with van der Waals surface area (Å²) in [7, 11) is -3.60. The predicted molar refractivity (Wildman–Crippen MR) is 103 cm³/mol. The van der Waals surface area contributed by atoms with E-state index in [1.807, 2.05) is 47.4 Å². The van der Waals surface area contributed by atoms with E-state index in [0.717, 1.165) is 41.8 Å². The Balaban J connectivity index is 1.61. The van der Waals surface area contributed by atoms with Crippen molar-refractivity contribution in [1.82, 2.24) is 0 Å². The van der Waals surface area contributed by atoms with Gasteiger partial charge in [0.05, 0.1) is 11.1 Å². The van der Waals surface area contributed by atoms with E-state index >= 15 is 0 Å². The lowest BCUT2D eigenvalue weighted by Gasteiger charge is -2.35. The normalized spacial score (nSPS) is 16.6. The van der Waals surface area contributed by atoms with Gasteiger partial charge in [0, 0.05) is 18.7 Å². The Morgan fingerprint density at radius 1 is 1.00 bits per heavy atom. The van der Waals surface area contributed by atoms with Crippen molar-refractivity contribution in [3.63, 3.8) is 0 Å². The van der Waals surface area contributed by atoms with Gasteiger partial charge in [0.15, 0.2) is 0 Å². The van der Waals surface area contributed by atoms with E-state index in [2.05, 4.69) is 4.72 Å². The highest BCUT2D eigenvalue weighted by Gasteiger charge is 2.29. The number of benzene rings is 2. The minimum atomic E-state index is -3.60. The first-order valence-corrected chi connectivity index (χ1v) is 10.3. The molecule has 4 rings (SSSR count). The lowest BCUT2D eigenvalue weighted by atomic mass is 9.91. The number of carbonyl (C=O) groups is 1. The highest BCUT2D eigenvalue weighted by molar-refractivity contribution is 7.95. The molecule has 0 bridgehead atoms. The molecule has 0 aromatic heterocycles. The summed E-state index contributed by atoms with van der Waals surface area (Å²) in [6.07, 6.45) is 4.48. The van der Waals surface area contributed by atoms with Crippen molar-refractivity contribution in [2.24, 2.45) is 0 Å². The van der Waals surface area contributed by atoms with Gasteiger partial charge in [-0.1, -0.05) is 30.3 Å². The van der Waals surface area contributed by atoms with Crippen molar-refractivity contribution in [1.29, 1.82) is 0 Å². The first kappa shape index (κ1) is 16.8. The van der Waals surface area contributed by atoms with Gasteiger partial charge >= 0.3 is 0 Å². The summed E-state index contributed by atoms with van der Waals surface area (Å²) in [5, 5.41) is 1.18. The summed E-state index contributed by atoms with van der Waals surface area (Å²) in [6.45, 7) is 0.754. The zero-order valence-electron chi connectivity index (χ0n) is 14.3. The maximum Gasteiger partial charge on any atom is 0.255 e. The second-order valence-corrected chi connectivity index (χ2v) is 8.22. The molecule has 2 aliphatic rings. The topological polar surface area (TPSA) is 66.5 Å². The maximum atomic E-state index is 12.4. The fourth-order valence-electron chi connectivity index (χ4n) is 3.64. The SMILES string of the molecule is O=C1CCc2cc(NS(=O)(=O)/C=C/c3ccccc3)cc3c2N1CCC3. The number of sulfonamides is 1. The Morgan fingerprint density at radius 3 is 2.50 bits per heavy atom. The van der Waals surface area contributed by atoms with Crippen molar-refractivity contribution in [3.05, 3.63) is 64.6 Å². The summed E-state index contributed by atoms with van der Waals surface area (Å²) in [4.78, 5) is 14.0. The fraction of sp³-hybridized carbons (Fsp3) is 0.250. The second kappa shape index (κ2) is 6.61. The van der Waals surface area contributed by atoms with E-state index in [0.29, 0.717) is 18.5 Å². The maximum absolute atomic E-state index is 12.4. The third-order valence-electron chi connectivity index (χ3n) is 4.77. The lowest BCUT2D eigenvalue weighted by molar-refractivity contribution is -0.119. The van der Waals surface area contributed by atoms with E-state index in [1.165, 1.54) is 5.41 Å². The minimum Gasteiger partial charge on any atom is -0.312 e. The molecule has 5 nitrogen and oxygen atoms in total. The number of anilines is 2. The molecule has 1 N–H and O–H groups in total. The van der Waals surface area contributed by atoms with Gasteiger partial charge in [-0.05, 0) is 54.2 Å². The van der Waals surface area contributed by atoms with Crippen LogP contribution in [0.1, 0.15) is 29.5 Å². The van der Waals surface area contributed by atoms with Crippen LogP contribution in [-0.4, -0.2) is 20.9 Å². The van der Waals surface area contributed by atoms with Gasteiger partial charge in [-0.25, -0.2) is 8.42 Å². The van der Waals surface area contributed by atoms with Gasteiger partial charge in [-0.15, -0.1) is 0 Å². The molecule has 0 unspecified atom stereocenters. The van der Waals surface area contributed by atoms with Gasteiger partial charge < -0.3 is 4.90 Å². The molecule has 2 aliphatic heterocycles. The molecule has 2 aromatic rings. The summed E-state index contributed by atoms with van der Waals surface area (Å²) in [5.41, 5.74) is 4.48. The van der Waals surface area contributed by atoms with Crippen molar-refractivity contribution in [3.8, 4) is 0 Å². The van der Waals surface area contributed by atoms with Crippen LogP contribution in [0.25, 0.3) is 6.08 Å². The van der Waals surface area contributed by atoms with E-state index < -0.39 is 10.0 Å². The molecule has 26 heavy (non-hydrogen) atoms. The van der Waals surface area contributed by atoms with Crippen LogP contribution in [-0.2, 0) is 27.7 Å². The van der Waals surface area contributed by atoms with Crippen LogP contribution in [0.3, 0.4) is 0 Å². The second-order valence-electron chi connectivity index (χ2n) is 6.65. The summed E-state index contributed by atoms with van der Waals surface area (Å²) in [6, 6.07) is 13.0. The standard InChI is InChI=1S/C20H20N2O3S/c23-19-9-8-17-14-18(13-16-7-4-11-22(19)20(16)17)21-26(24,25)12-10-15-5-2-1-3-6-15/h1-3,5-6,10,12-14,21H,4,7-9,11H2/b12-10+. The number of nitrogens with zero attached hydrogens (tertiary/aromatic N) is 1.